The molecule has 0 aromatic rings. The van der Waals surface area contributed by atoms with Crippen molar-refractivity contribution >= 4 is 15.2 Å². The molecule has 0 rings (SSSR count). The molecule has 0 aromatic carbocycles. The van der Waals surface area contributed by atoms with Gasteiger partial charge in [-0.05, 0) is 0 Å². The molecule has 0 aliphatic carbocycles. The fourth-order valence-electron chi connectivity index (χ4n) is 0.156. The highest BCUT2D eigenvalue weighted by molar-refractivity contribution is 8.01. The summed E-state index contributed by atoms with van der Waals surface area (Å²) in [5.74, 6) is 0. The number of rotatable bonds is 1. The van der Waals surface area contributed by atoms with Crippen LogP contribution in [0.1, 0.15) is 6.42 Å². The number of hydrogen-bond donors (Lipinski definition) is 1. The van der Waals surface area contributed by atoms with Gasteiger partial charge in [0.2, 0.25) is 0 Å². The largest absolute Gasteiger partial charge is 0.329 e. The maximum Gasteiger partial charge on any atom is 0.329 e. The first kappa shape index (κ1) is 8.07. The summed E-state index contributed by atoms with van der Waals surface area (Å²) in [6.07, 6.45) is -0.807. The van der Waals surface area contributed by atoms with E-state index in [-0.39, 0.29) is 0 Å². The summed E-state index contributed by atoms with van der Waals surface area (Å²) >= 11 is 0. The topological polar surface area (TPSA) is 95.2 Å². The van der Waals surface area contributed by atoms with E-state index < -0.39 is 21.7 Å². The Kier molecular flexibility index (Phi) is 2.30. The van der Waals surface area contributed by atoms with E-state index in [1.54, 1.807) is 0 Å². The predicted octanol–water partition coefficient (Wildman–Crippen LogP) is -0.686. The molecule has 5 nitrogen and oxygen atoms in total. The Balaban J connectivity index is 4.30. The molecule has 9 heavy (non-hydrogen) atoms. The van der Waals surface area contributed by atoms with Gasteiger partial charge in [-0.2, -0.15) is 13.7 Å². The molecule has 0 aliphatic heterocycles. The monoisotopic (exact) mass is 149 g/mol. The minimum atomic E-state index is -4.63. The molecule has 0 saturated heterocycles. The molecule has 0 amide bonds. The highest BCUT2D eigenvalue weighted by Gasteiger charge is 2.16. The molecule has 0 aromatic heterocycles. The molecule has 1 N–H and O–H groups in total. The van der Waals surface area contributed by atoms with Gasteiger partial charge < -0.3 is 0 Å². The molecule has 6 heteroatoms. The minimum Gasteiger partial charge on any atom is -0.280 e. The summed E-state index contributed by atoms with van der Waals surface area (Å²) in [4.78, 5) is 10.0. The molecular formula is C3H3NO4S. The standard InChI is InChI=1S/C3H3NO4S/c4-2-1-3(5)9(6,7)8/h1H2,(H,6,7,8). The van der Waals surface area contributed by atoms with Crippen LogP contribution in [0.3, 0.4) is 0 Å². The van der Waals surface area contributed by atoms with Crippen molar-refractivity contribution in [3.05, 3.63) is 0 Å². The van der Waals surface area contributed by atoms with E-state index in [1.807, 2.05) is 0 Å². The van der Waals surface area contributed by atoms with Crippen LogP contribution in [-0.4, -0.2) is 18.1 Å². The zero-order valence-corrected chi connectivity index (χ0v) is 5.05. The first-order valence-corrected chi connectivity index (χ1v) is 3.29. The van der Waals surface area contributed by atoms with Gasteiger partial charge in [0.15, 0.2) is 0 Å². The van der Waals surface area contributed by atoms with E-state index in [4.69, 9.17) is 9.81 Å². The lowest BCUT2D eigenvalue weighted by Crippen LogP contribution is -2.11. The van der Waals surface area contributed by atoms with Gasteiger partial charge in [0, 0.05) is 0 Å². The number of carbonyl (C=O) groups is 1. The second-order valence-corrected chi connectivity index (χ2v) is 2.59. The highest BCUT2D eigenvalue weighted by atomic mass is 32.2. The Morgan fingerprint density at radius 1 is 1.67 bits per heavy atom. The third-order valence-electron chi connectivity index (χ3n) is 0.511. The van der Waals surface area contributed by atoms with E-state index in [2.05, 4.69) is 0 Å². The van der Waals surface area contributed by atoms with Crippen molar-refractivity contribution in [2.24, 2.45) is 0 Å². The molecular weight excluding hydrogens is 146 g/mol. The Morgan fingerprint density at radius 3 is 2.22 bits per heavy atom. The number of nitrogens with zero attached hydrogens (tertiary/aromatic N) is 1. The summed E-state index contributed by atoms with van der Waals surface area (Å²) < 4.78 is 27.4. The summed E-state index contributed by atoms with van der Waals surface area (Å²) in [5.41, 5.74) is 0. The van der Waals surface area contributed by atoms with E-state index in [0.717, 1.165) is 0 Å². The quantitative estimate of drug-likeness (QED) is 0.498. The molecule has 0 spiro atoms. The smallest absolute Gasteiger partial charge is 0.280 e. The number of hydrogen-bond acceptors (Lipinski definition) is 4. The average molecular weight is 149 g/mol. The van der Waals surface area contributed by atoms with Gasteiger partial charge in [-0.3, -0.25) is 9.35 Å². The van der Waals surface area contributed by atoms with Crippen LogP contribution in [-0.2, 0) is 14.9 Å². The van der Waals surface area contributed by atoms with Crippen LogP contribution in [0, 0.1) is 11.3 Å². The molecule has 0 fully saturated rings. The number of nitriles is 1. The van der Waals surface area contributed by atoms with Crippen molar-refractivity contribution < 1.29 is 17.8 Å². The van der Waals surface area contributed by atoms with Gasteiger partial charge in [-0.25, -0.2) is 0 Å². The Hall–Kier alpha value is -0.930. The van der Waals surface area contributed by atoms with E-state index in [0.29, 0.717) is 0 Å². The molecule has 0 bridgehead atoms. The molecule has 0 saturated carbocycles. The van der Waals surface area contributed by atoms with Gasteiger partial charge in [0.1, 0.15) is 6.42 Å². The molecule has 50 valence electrons. The fourth-order valence-corrected chi connectivity index (χ4v) is 0.403. The van der Waals surface area contributed by atoms with Crippen LogP contribution in [0.4, 0.5) is 0 Å². The van der Waals surface area contributed by atoms with E-state index in [1.165, 1.54) is 6.07 Å². The maximum atomic E-state index is 10.0. The maximum absolute atomic E-state index is 10.0. The second kappa shape index (κ2) is 2.57. The molecule has 0 unspecified atom stereocenters. The van der Waals surface area contributed by atoms with E-state index >= 15 is 0 Å². The molecule has 0 atom stereocenters. The van der Waals surface area contributed by atoms with Crippen LogP contribution in [0.15, 0.2) is 0 Å². The highest BCUT2D eigenvalue weighted by Crippen LogP contribution is 1.88. The van der Waals surface area contributed by atoms with Crippen LogP contribution >= 0.6 is 0 Å². The van der Waals surface area contributed by atoms with Gasteiger partial charge in [0.25, 0.3) is 5.12 Å². The minimum absolute atomic E-state index is 0.807. The molecule has 0 radical (unpaired) electrons. The lowest BCUT2D eigenvalue weighted by molar-refractivity contribution is -0.111. The van der Waals surface area contributed by atoms with Crippen LogP contribution in [0.25, 0.3) is 0 Å². The van der Waals surface area contributed by atoms with Gasteiger partial charge in [0.05, 0.1) is 6.07 Å². The first-order chi connectivity index (χ1) is 3.98. The fraction of sp³-hybridized carbons (Fsp3) is 0.333. The van der Waals surface area contributed by atoms with Crippen molar-refractivity contribution in [2.45, 2.75) is 6.42 Å². The zero-order valence-electron chi connectivity index (χ0n) is 4.23. The Labute approximate surface area is 51.7 Å². The second-order valence-electron chi connectivity index (χ2n) is 1.18. The van der Waals surface area contributed by atoms with Crippen LogP contribution < -0.4 is 0 Å². The lowest BCUT2D eigenvalue weighted by atomic mass is 10.5. The molecule has 0 heterocycles. The van der Waals surface area contributed by atoms with Gasteiger partial charge in [-0.1, -0.05) is 0 Å². The summed E-state index contributed by atoms with van der Waals surface area (Å²) in [6.45, 7) is 0. The van der Waals surface area contributed by atoms with Crippen molar-refractivity contribution in [2.75, 3.05) is 0 Å². The average Bonchev–Trinajstić information content (AvgIpc) is 1.64. The van der Waals surface area contributed by atoms with E-state index in [9.17, 15) is 13.2 Å². The third kappa shape index (κ3) is 2.79. The summed E-state index contributed by atoms with van der Waals surface area (Å²) in [6, 6.07) is 1.29. The van der Waals surface area contributed by atoms with Crippen molar-refractivity contribution in [3.8, 4) is 6.07 Å². The Morgan fingerprint density at radius 2 is 2.11 bits per heavy atom. The SMILES string of the molecule is N#CCC(=O)S(=O)(=O)O. The first-order valence-electron chi connectivity index (χ1n) is 1.85. The zero-order chi connectivity index (χ0) is 7.49. The lowest BCUT2D eigenvalue weighted by Gasteiger charge is -1.84. The Bertz CT molecular complexity index is 245. The summed E-state index contributed by atoms with van der Waals surface area (Å²) in [7, 11) is -4.63. The van der Waals surface area contributed by atoms with Crippen molar-refractivity contribution in [3.63, 3.8) is 0 Å². The van der Waals surface area contributed by atoms with Crippen molar-refractivity contribution in [1.82, 2.24) is 0 Å². The van der Waals surface area contributed by atoms with Gasteiger partial charge in [-0.15, -0.1) is 0 Å². The normalized spacial score (nSPS) is 10.2. The van der Waals surface area contributed by atoms with Crippen LogP contribution in [0.2, 0.25) is 0 Å². The molecule has 0 aliphatic rings. The van der Waals surface area contributed by atoms with Crippen molar-refractivity contribution in [1.29, 1.82) is 5.26 Å². The third-order valence-corrected chi connectivity index (χ3v) is 1.23. The summed E-state index contributed by atoms with van der Waals surface area (Å²) in [5, 5.41) is 6.29. The number of carbonyl (C=O) groups excluding carboxylic acids is 1. The van der Waals surface area contributed by atoms with Crippen LogP contribution in [0.5, 0.6) is 0 Å². The predicted molar refractivity (Wildman–Crippen MR) is 26.8 cm³/mol. The van der Waals surface area contributed by atoms with Gasteiger partial charge >= 0.3 is 10.1 Å².